The van der Waals surface area contributed by atoms with Crippen molar-refractivity contribution in [2.24, 2.45) is 11.8 Å². The molecule has 0 amide bonds. The van der Waals surface area contributed by atoms with Crippen LogP contribution in [0.15, 0.2) is 36.4 Å². The first kappa shape index (κ1) is 33.5. The van der Waals surface area contributed by atoms with Crippen molar-refractivity contribution in [2.75, 3.05) is 41.7 Å². The largest absolute Gasteiger partial charge is 0.543 e. The maximum Gasteiger partial charge on any atom is 0.543 e. The summed E-state index contributed by atoms with van der Waals surface area (Å²) < 4.78 is 30.4. The second-order valence-electron chi connectivity index (χ2n) is 9.19. The third-order valence-electron chi connectivity index (χ3n) is 6.50. The first-order chi connectivity index (χ1) is 21.3. The van der Waals surface area contributed by atoms with Crippen molar-refractivity contribution in [1.82, 2.24) is 0 Å². The van der Waals surface area contributed by atoms with Crippen molar-refractivity contribution in [3.05, 3.63) is 47.5 Å². The molecule has 0 N–H and O–H groups in total. The highest BCUT2D eigenvalue weighted by molar-refractivity contribution is 5.90. The normalized spacial score (nSPS) is 15.6. The van der Waals surface area contributed by atoms with E-state index < -0.39 is 24.2 Å². The molecule has 1 aliphatic carbocycles. The molecule has 0 unspecified atom stereocenters. The second-order valence-corrected chi connectivity index (χ2v) is 9.19. The molecule has 0 aliphatic heterocycles. The van der Waals surface area contributed by atoms with Crippen LogP contribution in [0.5, 0.6) is 23.0 Å². The van der Waals surface area contributed by atoms with Crippen LogP contribution in [0.3, 0.4) is 0 Å². The van der Waals surface area contributed by atoms with Gasteiger partial charge in [-0.05, 0) is 73.9 Å². The highest BCUT2D eigenvalue weighted by Crippen LogP contribution is 2.30. The molecule has 0 spiro atoms. The fourth-order valence-electron chi connectivity index (χ4n) is 4.16. The molecule has 0 saturated heterocycles. The molecule has 0 aromatic heterocycles. The Labute approximate surface area is 251 Å². The average Bonchev–Trinajstić information content (AvgIpc) is 3.05. The zero-order valence-electron chi connectivity index (χ0n) is 24.4. The van der Waals surface area contributed by atoms with E-state index in [1.165, 1.54) is 64.8 Å². The molecular formula is C28H32O16. The molecular weight excluding hydrogens is 592 g/mol. The molecule has 3 rings (SSSR count). The van der Waals surface area contributed by atoms with E-state index in [-0.39, 0.29) is 36.2 Å². The van der Waals surface area contributed by atoms with Crippen LogP contribution in [-0.2, 0) is 39.1 Å². The standard InChI is InChI=1S/C28H32O16/c1-33-21-11-9-19(13-23(21)35-3)25(29)39-43-41-27(31)37-15-17-5-7-18(8-6-17)16-38-28(32)42-44-40-26(30)20-10-12-22(34-2)24(14-20)36-4/h9-14,17-18H,5-8,15-16H2,1-4H3. The number of ether oxygens (including phenoxy) is 6. The summed E-state index contributed by atoms with van der Waals surface area (Å²) in [7, 11) is 5.70. The Morgan fingerprint density at radius 3 is 1.25 bits per heavy atom. The van der Waals surface area contributed by atoms with E-state index in [4.69, 9.17) is 28.4 Å². The van der Waals surface area contributed by atoms with Crippen LogP contribution in [0.4, 0.5) is 9.59 Å². The number of benzene rings is 2. The van der Waals surface area contributed by atoms with Gasteiger partial charge in [-0.3, -0.25) is 9.78 Å². The summed E-state index contributed by atoms with van der Waals surface area (Å²) in [5.74, 6) is -0.416. The second kappa shape index (κ2) is 17.2. The lowest BCUT2D eigenvalue weighted by atomic mass is 9.83. The summed E-state index contributed by atoms with van der Waals surface area (Å²) in [6.07, 6.45) is 0.307. The van der Waals surface area contributed by atoms with Gasteiger partial charge in [0.1, 0.15) is 0 Å². The van der Waals surface area contributed by atoms with Crippen molar-refractivity contribution >= 4 is 24.2 Å². The molecule has 2 aromatic carbocycles. The predicted molar refractivity (Wildman–Crippen MR) is 142 cm³/mol. The maximum absolute atomic E-state index is 12.0. The SMILES string of the molecule is COc1ccc(C(=O)OOOC(=O)OCC2CCC(COC(=O)OOOC(=O)c3ccc(OC)c(OC)c3)CC2)cc1OC. The summed E-state index contributed by atoms with van der Waals surface area (Å²) in [6, 6.07) is 8.53. The summed E-state index contributed by atoms with van der Waals surface area (Å²) in [5.41, 5.74) is 0.131. The smallest absolute Gasteiger partial charge is 0.493 e. The van der Waals surface area contributed by atoms with E-state index in [9.17, 15) is 19.2 Å². The number of carbonyl (C=O) groups is 4. The molecule has 0 bridgehead atoms. The number of methoxy groups -OCH3 is 4. The zero-order chi connectivity index (χ0) is 31.9. The molecule has 1 fully saturated rings. The van der Waals surface area contributed by atoms with Crippen LogP contribution in [0, 0.1) is 11.8 Å². The fraction of sp³-hybridized carbons (Fsp3) is 0.429. The van der Waals surface area contributed by atoms with Gasteiger partial charge in [-0.1, -0.05) is 0 Å². The quantitative estimate of drug-likeness (QED) is 0.162. The number of hydrogen-bond acceptors (Lipinski definition) is 16. The van der Waals surface area contributed by atoms with Crippen LogP contribution < -0.4 is 18.9 Å². The molecule has 0 radical (unpaired) electrons. The minimum Gasteiger partial charge on any atom is -0.493 e. The molecule has 240 valence electrons. The van der Waals surface area contributed by atoms with Gasteiger partial charge >= 0.3 is 24.2 Å². The van der Waals surface area contributed by atoms with Crippen molar-refractivity contribution in [3.8, 4) is 23.0 Å². The lowest BCUT2D eigenvalue weighted by molar-refractivity contribution is -0.452. The Bertz CT molecular complexity index is 1170. The molecule has 0 heterocycles. The van der Waals surface area contributed by atoms with Crippen LogP contribution in [0.2, 0.25) is 0 Å². The first-order valence-corrected chi connectivity index (χ1v) is 13.2. The van der Waals surface area contributed by atoms with Gasteiger partial charge in [-0.15, -0.1) is 0 Å². The van der Waals surface area contributed by atoms with Gasteiger partial charge in [0.25, 0.3) is 0 Å². The fourth-order valence-corrected chi connectivity index (χ4v) is 4.16. The van der Waals surface area contributed by atoms with Crippen LogP contribution in [0.1, 0.15) is 46.4 Å². The minimum atomic E-state index is -1.19. The van der Waals surface area contributed by atoms with Crippen molar-refractivity contribution in [1.29, 1.82) is 0 Å². The van der Waals surface area contributed by atoms with Gasteiger partial charge in [0.2, 0.25) is 0 Å². The zero-order valence-corrected chi connectivity index (χ0v) is 24.4. The Balaban J connectivity index is 1.25. The number of carbonyl (C=O) groups excluding carboxylic acids is 4. The van der Waals surface area contributed by atoms with Gasteiger partial charge in [-0.25, -0.2) is 29.0 Å². The molecule has 16 heteroatoms. The molecule has 44 heavy (non-hydrogen) atoms. The van der Waals surface area contributed by atoms with Crippen LogP contribution >= 0.6 is 0 Å². The van der Waals surface area contributed by atoms with Crippen molar-refractivity contribution in [3.63, 3.8) is 0 Å². The van der Waals surface area contributed by atoms with Gasteiger partial charge < -0.3 is 28.4 Å². The number of hydrogen-bond donors (Lipinski definition) is 0. The van der Waals surface area contributed by atoms with E-state index in [0.717, 1.165) is 0 Å². The summed E-state index contributed by atoms with van der Waals surface area (Å²) in [5, 5.41) is 8.46. The summed E-state index contributed by atoms with van der Waals surface area (Å²) in [6.45, 7) is 0.0848. The van der Waals surface area contributed by atoms with Gasteiger partial charge in [0, 0.05) is 0 Å². The van der Waals surface area contributed by atoms with Gasteiger partial charge in [-0.2, -0.15) is 0 Å². The lowest BCUT2D eigenvalue weighted by Crippen LogP contribution is -2.24. The Morgan fingerprint density at radius 2 is 0.909 bits per heavy atom. The average molecular weight is 625 g/mol. The Hall–Kier alpha value is -4.96. The topological polar surface area (TPSA) is 179 Å². The van der Waals surface area contributed by atoms with E-state index >= 15 is 0 Å². The van der Waals surface area contributed by atoms with E-state index in [0.29, 0.717) is 48.7 Å². The lowest BCUT2D eigenvalue weighted by Gasteiger charge is -2.27. The van der Waals surface area contributed by atoms with E-state index in [1.54, 1.807) is 0 Å². The third kappa shape index (κ3) is 10.1. The van der Waals surface area contributed by atoms with E-state index in [2.05, 4.69) is 29.6 Å². The molecule has 16 nitrogen and oxygen atoms in total. The monoisotopic (exact) mass is 624 g/mol. The minimum absolute atomic E-state index is 0.0272. The van der Waals surface area contributed by atoms with Gasteiger partial charge in [0.15, 0.2) is 23.0 Å². The molecule has 1 saturated carbocycles. The van der Waals surface area contributed by atoms with Crippen LogP contribution in [-0.4, -0.2) is 65.9 Å². The number of rotatable bonds is 14. The molecule has 0 atom stereocenters. The predicted octanol–water partition coefficient (Wildman–Crippen LogP) is 4.54. The van der Waals surface area contributed by atoms with Crippen LogP contribution in [0.25, 0.3) is 0 Å². The first-order valence-electron chi connectivity index (χ1n) is 13.2. The Morgan fingerprint density at radius 1 is 0.545 bits per heavy atom. The summed E-state index contributed by atoms with van der Waals surface area (Å²) >= 11 is 0. The molecule has 2 aromatic rings. The van der Waals surface area contributed by atoms with Crippen molar-refractivity contribution in [2.45, 2.75) is 25.7 Å². The highest BCUT2D eigenvalue weighted by Gasteiger charge is 2.25. The third-order valence-corrected chi connectivity index (χ3v) is 6.50. The highest BCUT2D eigenvalue weighted by atomic mass is 17.5. The van der Waals surface area contributed by atoms with Gasteiger partial charge in [0.05, 0.1) is 62.9 Å². The van der Waals surface area contributed by atoms with Crippen molar-refractivity contribution < 1.29 is 77.2 Å². The summed E-state index contributed by atoms with van der Waals surface area (Å²) in [4.78, 5) is 65.2. The van der Waals surface area contributed by atoms with E-state index in [1.807, 2.05) is 0 Å². The Kier molecular flexibility index (Phi) is 13.1. The molecule has 1 aliphatic rings. The maximum atomic E-state index is 12.0.